The van der Waals surface area contributed by atoms with E-state index in [2.05, 4.69) is 41.4 Å². The molecule has 2 aliphatic rings. The van der Waals surface area contributed by atoms with Crippen LogP contribution in [0.2, 0.25) is 0 Å². The van der Waals surface area contributed by atoms with E-state index in [1.54, 1.807) is 4.68 Å². The molecule has 1 N–H and O–H groups in total. The van der Waals surface area contributed by atoms with Crippen LogP contribution >= 0.6 is 0 Å². The third-order valence-electron chi connectivity index (χ3n) is 7.81. The zero-order valence-corrected chi connectivity index (χ0v) is 21.7. The summed E-state index contributed by atoms with van der Waals surface area (Å²) in [6, 6.07) is 6.67. The van der Waals surface area contributed by atoms with Crippen LogP contribution in [0, 0.1) is 5.82 Å². The molecule has 2 aromatic heterocycles. The topological polar surface area (TPSA) is 59.8 Å². The first kappa shape index (κ1) is 24.8. The third-order valence-corrected chi connectivity index (χ3v) is 7.81. The summed E-state index contributed by atoms with van der Waals surface area (Å²) in [7, 11) is 1.84. The second-order valence-corrected chi connectivity index (χ2v) is 10.9. The van der Waals surface area contributed by atoms with Crippen LogP contribution in [0.3, 0.4) is 0 Å². The Balaban J connectivity index is 1.15. The lowest BCUT2D eigenvalue weighted by Gasteiger charge is -2.34. The average molecular weight is 489 g/mol. The van der Waals surface area contributed by atoms with E-state index < -0.39 is 0 Å². The van der Waals surface area contributed by atoms with Gasteiger partial charge in [0.2, 0.25) is 0 Å². The van der Waals surface area contributed by atoms with Crippen LogP contribution in [0.4, 0.5) is 4.39 Å². The van der Waals surface area contributed by atoms with Crippen LogP contribution in [0.15, 0.2) is 36.2 Å². The van der Waals surface area contributed by atoms with Gasteiger partial charge in [0, 0.05) is 55.8 Å². The van der Waals surface area contributed by atoms with E-state index in [0.717, 1.165) is 49.6 Å². The van der Waals surface area contributed by atoms with Crippen molar-refractivity contribution >= 4 is 22.8 Å². The summed E-state index contributed by atoms with van der Waals surface area (Å²) in [6.45, 7) is 4.55. The maximum absolute atomic E-state index is 14.4. The quantitative estimate of drug-likeness (QED) is 0.392. The van der Waals surface area contributed by atoms with Crippen molar-refractivity contribution in [2.75, 3.05) is 0 Å². The summed E-state index contributed by atoms with van der Waals surface area (Å²) in [5, 5.41) is 8.85. The van der Waals surface area contributed by atoms with Crippen molar-refractivity contribution in [2.45, 2.75) is 89.6 Å². The highest BCUT2D eigenvalue weighted by Crippen LogP contribution is 2.36. The van der Waals surface area contributed by atoms with E-state index in [1.165, 1.54) is 22.8 Å². The van der Waals surface area contributed by atoms with Gasteiger partial charge in [-0.1, -0.05) is 5.57 Å². The molecule has 1 fully saturated rings. The number of carbonyl (C=O) groups is 1. The SMILES string of the molecule is C[C@@H]1CC(c2ccnc3c2CCC(CC(=O)CCCCc2cc4cn(C)nc4cc2F)=C3)C[C@H](C)N1. The fourth-order valence-corrected chi connectivity index (χ4v) is 6.21. The number of halogens is 1. The number of fused-ring (bicyclic) bond motifs is 2. The lowest BCUT2D eigenvalue weighted by Crippen LogP contribution is -2.41. The first-order chi connectivity index (χ1) is 17.4. The molecule has 36 heavy (non-hydrogen) atoms. The predicted molar refractivity (Wildman–Crippen MR) is 142 cm³/mol. The van der Waals surface area contributed by atoms with Crippen molar-refractivity contribution in [3.8, 4) is 0 Å². The normalized spacial score (nSPS) is 21.9. The number of hydrogen-bond donors (Lipinski definition) is 1. The van der Waals surface area contributed by atoms with E-state index in [0.29, 0.717) is 48.3 Å². The molecule has 1 aliphatic carbocycles. The Labute approximate surface area is 213 Å². The molecule has 5 rings (SSSR count). The minimum atomic E-state index is -0.209. The lowest BCUT2D eigenvalue weighted by atomic mass is 9.79. The highest BCUT2D eigenvalue weighted by Gasteiger charge is 2.28. The standard InChI is InChI=1S/C30H37FN4O/c1-19-12-23(13-20(2)33-19)26-10-11-32-30-15-21(8-9-27(26)30)14-25(36)7-5-4-6-22-16-24-18-35(3)34-29(24)17-28(22)31/h10-11,15-20,23,33H,4-9,12-14H2,1-3H3/t19-,20+,23?. The van der Waals surface area contributed by atoms with E-state index in [1.807, 2.05) is 25.5 Å². The zero-order valence-electron chi connectivity index (χ0n) is 21.7. The maximum Gasteiger partial charge on any atom is 0.136 e. The Kier molecular flexibility index (Phi) is 7.33. The Morgan fingerprint density at radius 2 is 1.97 bits per heavy atom. The van der Waals surface area contributed by atoms with Gasteiger partial charge in [-0.05, 0) is 99.6 Å². The number of unbranched alkanes of at least 4 members (excludes halogenated alkanes) is 1. The number of ketones is 1. The van der Waals surface area contributed by atoms with Gasteiger partial charge >= 0.3 is 0 Å². The predicted octanol–water partition coefficient (Wildman–Crippen LogP) is 6.05. The molecule has 5 nitrogen and oxygen atoms in total. The molecule has 3 atom stereocenters. The summed E-state index contributed by atoms with van der Waals surface area (Å²) in [4.78, 5) is 17.4. The average Bonchev–Trinajstić information content (AvgIpc) is 3.19. The van der Waals surface area contributed by atoms with Crippen LogP contribution < -0.4 is 5.32 Å². The number of carbonyl (C=O) groups excluding carboxylic acids is 1. The molecule has 1 aromatic carbocycles. The van der Waals surface area contributed by atoms with Crippen LogP contribution in [0.1, 0.15) is 87.1 Å². The molecule has 1 aliphatic heterocycles. The molecule has 0 bridgehead atoms. The summed E-state index contributed by atoms with van der Waals surface area (Å²) >= 11 is 0. The molecule has 3 aromatic rings. The number of aryl methyl sites for hydroxylation is 2. The van der Waals surface area contributed by atoms with Crippen LogP contribution in [0.25, 0.3) is 17.0 Å². The Morgan fingerprint density at radius 1 is 1.17 bits per heavy atom. The second kappa shape index (κ2) is 10.6. The largest absolute Gasteiger partial charge is 0.312 e. The number of benzene rings is 1. The highest BCUT2D eigenvalue weighted by molar-refractivity contribution is 5.82. The minimum Gasteiger partial charge on any atom is -0.312 e. The molecular formula is C30H37FN4O. The molecule has 0 spiro atoms. The monoisotopic (exact) mass is 488 g/mol. The zero-order chi connectivity index (χ0) is 25.2. The minimum absolute atomic E-state index is 0.209. The van der Waals surface area contributed by atoms with Gasteiger partial charge in [-0.15, -0.1) is 0 Å². The van der Waals surface area contributed by atoms with Gasteiger partial charge in [0.25, 0.3) is 0 Å². The van der Waals surface area contributed by atoms with Crippen molar-refractivity contribution in [3.63, 3.8) is 0 Å². The summed E-state index contributed by atoms with van der Waals surface area (Å²) in [6.07, 6.45) is 13.5. The van der Waals surface area contributed by atoms with Gasteiger partial charge in [0.15, 0.2) is 0 Å². The molecule has 0 amide bonds. The fraction of sp³-hybridized carbons (Fsp3) is 0.500. The van der Waals surface area contributed by atoms with Crippen molar-refractivity contribution < 1.29 is 9.18 Å². The number of hydrogen-bond acceptors (Lipinski definition) is 4. The highest BCUT2D eigenvalue weighted by atomic mass is 19.1. The Bertz CT molecular complexity index is 1280. The number of aromatic nitrogens is 3. The van der Waals surface area contributed by atoms with E-state index in [-0.39, 0.29) is 11.6 Å². The first-order valence-corrected chi connectivity index (χ1v) is 13.4. The maximum atomic E-state index is 14.4. The van der Waals surface area contributed by atoms with Crippen molar-refractivity contribution in [2.24, 2.45) is 7.05 Å². The van der Waals surface area contributed by atoms with Crippen molar-refractivity contribution in [3.05, 3.63) is 64.4 Å². The van der Waals surface area contributed by atoms with E-state index >= 15 is 0 Å². The number of rotatable bonds is 8. The second-order valence-electron chi connectivity index (χ2n) is 10.9. The molecule has 1 saturated heterocycles. The smallest absolute Gasteiger partial charge is 0.136 e. The Hall–Kier alpha value is -2.86. The van der Waals surface area contributed by atoms with Gasteiger partial charge in [-0.3, -0.25) is 14.5 Å². The summed E-state index contributed by atoms with van der Waals surface area (Å²) in [5.74, 6) is 0.636. The molecule has 6 heteroatoms. The van der Waals surface area contributed by atoms with Gasteiger partial charge in [-0.2, -0.15) is 5.10 Å². The molecule has 0 saturated carbocycles. The van der Waals surface area contributed by atoms with Crippen LogP contribution in [-0.2, 0) is 24.7 Å². The Morgan fingerprint density at radius 3 is 2.78 bits per heavy atom. The summed E-state index contributed by atoms with van der Waals surface area (Å²) in [5.41, 5.74) is 6.47. The van der Waals surface area contributed by atoms with Gasteiger partial charge < -0.3 is 5.32 Å². The van der Waals surface area contributed by atoms with Gasteiger partial charge in [0.1, 0.15) is 11.6 Å². The molecule has 3 heterocycles. The fourth-order valence-electron chi connectivity index (χ4n) is 6.21. The third kappa shape index (κ3) is 5.59. The number of nitrogens with one attached hydrogen (secondary N) is 1. The molecular weight excluding hydrogens is 451 g/mol. The van der Waals surface area contributed by atoms with E-state index in [4.69, 9.17) is 0 Å². The number of Topliss-reactive ketones (excluding diaryl/α,β-unsaturated/α-hetero) is 1. The van der Waals surface area contributed by atoms with Crippen molar-refractivity contribution in [1.29, 1.82) is 0 Å². The molecule has 190 valence electrons. The number of nitrogens with zero attached hydrogens (tertiary/aromatic N) is 3. The van der Waals surface area contributed by atoms with Gasteiger partial charge in [-0.25, -0.2) is 4.39 Å². The summed E-state index contributed by atoms with van der Waals surface area (Å²) < 4.78 is 16.1. The van der Waals surface area contributed by atoms with E-state index in [9.17, 15) is 9.18 Å². The number of pyridine rings is 1. The lowest BCUT2D eigenvalue weighted by molar-refractivity contribution is -0.118. The number of piperidine rings is 1. The van der Waals surface area contributed by atoms with Crippen molar-refractivity contribution in [1.82, 2.24) is 20.1 Å². The van der Waals surface area contributed by atoms with Crippen LogP contribution in [-0.4, -0.2) is 32.6 Å². The molecule has 1 unspecified atom stereocenters. The van der Waals surface area contributed by atoms with Crippen LogP contribution in [0.5, 0.6) is 0 Å². The molecule has 0 radical (unpaired) electrons. The number of allylic oxidation sites excluding steroid dienone is 1. The van der Waals surface area contributed by atoms with Gasteiger partial charge in [0.05, 0.1) is 11.2 Å². The first-order valence-electron chi connectivity index (χ1n) is 13.4.